The molecule has 0 aromatic heterocycles. The molecule has 1 aliphatic carbocycles. The number of hydrogen-bond acceptors (Lipinski definition) is 8. The fraction of sp³-hybridized carbons (Fsp3) is 0.448. The number of fused-ring (bicyclic) bond motifs is 3. The van der Waals surface area contributed by atoms with E-state index in [9.17, 15) is 19.2 Å². The standard InChI is InChI=1S/C29H37N3O8/c1-7-15(2)26(29(37)30-14-24(35)36)32-21-11-9-18-19(13-22(21)34)20(31-16(3)33)10-8-17-12-23(38-4)27(39-5)28(40-6)25(17)18/h9,11-13,15,20,26H,7-8,10,14H2,1-6H3,(H,30,37)(H,31,33)(H,32,34)(H,35,36)/t15-,20-,26-/m1/s1. The van der Waals surface area contributed by atoms with Crippen LogP contribution in [-0.2, 0) is 20.8 Å². The van der Waals surface area contributed by atoms with Gasteiger partial charge in [0.1, 0.15) is 12.6 Å². The van der Waals surface area contributed by atoms with E-state index in [-0.39, 0.29) is 22.9 Å². The second-order valence-corrected chi connectivity index (χ2v) is 9.71. The predicted octanol–water partition coefficient (Wildman–Crippen LogP) is 2.89. The van der Waals surface area contributed by atoms with Crippen LogP contribution in [0.15, 0.2) is 29.1 Å². The fourth-order valence-corrected chi connectivity index (χ4v) is 4.97. The Bertz CT molecular complexity index is 1340. The van der Waals surface area contributed by atoms with Crippen molar-refractivity contribution in [3.63, 3.8) is 0 Å². The van der Waals surface area contributed by atoms with E-state index >= 15 is 0 Å². The van der Waals surface area contributed by atoms with Crippen LogP contribution in [0.1, 0.15) is 50.8 Å². The highest BCUT2D eigenvalue weighted by Crippen LogP contribution is 2.50. The molecule has 1 aliphatic rings. The number of rotatable bonds is 11. The maximum absolute atomic E-state index is 13.6. The van der Waals surface area contributed by atoms with Crippen molar-refractivity contribution in [2.75, 3.05) is 33.2 Å². The van der Waals surface area contributed by atoms with Gasteiger partial charge in [-0.15, -0.1) is 0 Å². The minimum Gasteiger partial charge on any atom is -0.493 e. The second kappa shape index (κ2) is 13.2. The van der Waals surface area contributed by atoms with Crippen molar-refractivity contribution < 1.29 is 33.7 Å². The zero-order valence-corrected chi connectivity index (χ0v) is 23.7. The SMILES string of the molecule is CC[C@@H](C)[C@@H](Nc1ccc2c(cc1=O)[C@H](NC(C)=O)CCc1cc(OC)c(OC)c(OC)c1-2)C(=O)NCC(=O)O. The van der Waals surface area contributed by atoms with Crippen molar-refractivity contribution in [3.05, 3.63) is 45.6 Å². The first-order valence-corrected chi connectivity index (χ1v) is 13.1. The number of methoxy groups -OCH3 is 3. The van der Waals surface area contributed by atoms with Crippen molar-refractivity contribution in [1.29, 1.82) is 0 Å². The maximum Gasteiger partial charge on any atom is 0.322 e. The van der Waals surface area contributed by atoms with Crippen LogP contribution in [0.25, 0.3) is 11.1 Å². The Hall–Kier alpha value is -4.28. The van der Waals surface area contributed by atoms with Crippen LogP contribution < -0.4 is 35.6 Å². The predicted molar refractivity (Wildman–Crippen MR) is 150 cm³/mol. The molecule has 0 unspecified atom stereocenters. The highest BCUT2D eigenvalue weighted by Gasteiger charge is 2.30. The van der Waals surface area contributed by atoms with Gasteiger partial charge in [0.05, 0.1) is 33.1 Å². The van der Waals surface area contributed by atoms with E-state index in [1.54, 1.807) is 12.1 Å². The molecule has 3 rings (SSSR count). The molecular formula is C29H37N3O8. The van der Waals surface area contributed by atoms with Crippen molar-refractivity contribution in [2.24, 2.45) is 5.92 Å². The number of carboxylic acids is 1. The summed E-state index contributed by atoms with van der Waals surface area (Å²) >= 11 is 0. The van der Waals surface area contributed by atoms with E-state index in [2.05, 4.69) is 16.0 Å². The molecule has 0 saturated carbocycles. The zero-order chi connectivity index (χ0) is 29.6. The molecule has 11 heteroatoms. The number of amides is 2. The van der Waals surface area contributed by atoms with Gasteiger partial charge in [-0.1, -0.05) is 26.3 Å². The van der Waals surface area contributed by atoms with E-state index in [1.807, 2.05) is 19.9 Å². The summed E-state index contributed by atoms with van der Waals surface area (Å²) in [7, 11) is 4.57. The average molecular weight is 556 g/mol. The summed E-state index contributed by atoms with van der Waals surface area (Å²) in [6, 6.07) is 5.36. The van der Waals surface area contributed by atoms with Crippen LogP contribution in [0.5, 0.6) is 17.2 Å². The Balaban J connectivity index is 2.24. The van der Waals surface area contributed by atoms with Crippen LogP contribution >= 0.6 is 0 Å². The van der Waals surface area contributed by atoms with Gasteiger partial charge in [0, 0.05) is 12.5 Å². The maximum atomic E-state index is 13.6. The molecule has 2 aromatic carbocycles. The lowest BCUT2D eigenvalue weighted by molar-refractivity contribution is -0.138. The van der Waals surface area contributed by atoms with Crippen LogP contribution in [0.3, 0.4) is 0 Å². The summed E-state index contributed by atoms with van der Waals surface area (Å²) < 4.78 is 17.0. The van der Waals surface area contributed by atoms with Crippen LogP contribution in [0, 0.1) is 5.92 Å². The van der Waals surface area contributed by atoms with Crippen molar-refractivity contribution >= 4 is 23.5 Å². The zero-order valence-electron chi connectivity index (χ0n) is 23.7. The molecule has 0 heterocycles. The third-order valence-corrected chi connectivity index (χ3v) is 7.14. The number of carbonyl (C=O) groups excluding carboxylic acids is 2. The van der Waals surface area contributed by atoms with Gasteiger partial charge in [0.2, 0.25) is 23.0 Å². The summed E-state index contributed by atoms with van der Waals surface area (Å²) in [4.78, 5) is 49.6. The van der Waals surface area contributed by atoms with Gasteiger partial charge in [-0.3, -0.25) is 19.2 Å². The third kappa shape index (κ3) is 6.47. The molecule has 0 bridgehead atoms. The minimum absolute atomic E-state index is 0.159. The van der Waals surface area contributed by atoms with E-state index < -0.39 is 30.5 Å². The summed E-state index contributed by atoms with van der Waals surface area (Å²) in [6.07, 6.45) is 1.69. The van der Waals surface area contributed by atoms with Crippen molar-refractivity contribution in [3.8, 4) is 28.4 Å². The van der Waals surface area contributed by atoms with Gasteiger partial charge in [-0.25, -0.2) is 0 Å². The molecule has 0 saturated heterocycles. The minimum atomic E-state index is -1.17. The average Bonchev–Trinajstić information content (AvgIpc) is 3.17. The smallest absolute Gasteiger partial charge is 0.322 e. The number of nitrogens with one attached hydrogen (secondary N) is 3. The summed E-state index contributed by atoms with van der Waals surface area (Å²) in [6.45, 7) is 4.63. The fourth-order valence-electron chi connectivity index (χ4n) is 4.97. The van der Waals surface area contributed by atoms with Gasteiger partial charge in [0.25, 0.3) is 0 Å². The summed E-state index contributed by atoms with van der Waals surface area (Å²) in [5.41, 5.74) is 2.62. The highest BCUT2D eigenvalue weighted by atomic mass is 16.5. The number of carboxylic acid groups (broad SMARTS) is 1. The number of ether oxygens (including phenoxy) is 3. The lowest BCUT2D eigenvalue weighted by Crippen LogP contribution is -2.45. The van der Waals surface area contributed by atoms with E-state index in [0.717, 1.165) is 5.56 Å². The quantitative estimate of drug-likeness (QED) is 0.328. The number of aryl methyl sites for hydroxylation is 1. The molecule has 2 amide bonds. The van der Waals surface area contributed by atoms with Gasteiger partial charge < -0.3 is 35.3 Å². The molecule has 0 radical (unpaired) electrons. The number of benzene rings is 1. The van der Waals surface area contributed by atoms with E-state index in [1.165, 1.54) is 34.3 Å². The molecule has 0 fully saturated rings. The van der Waals surface area contributed by atoms with Gasteiger partial charge in [0.15, 0.2) is 11.5 Å². The highest BCUT2D eigenvalue weighted by molar-refractivity contribution is 5.88. The van der Waals surface area contributed by atoms with Crippen molar-refractivity contribution in [2.45, 2.75) is 52.1 Å². The molecule has 2 aromatic rings. The first-order chi connectivity index (χ1) is 19.1. The Morgan fingerprint density at radius 3 is 2.35 bits per heavy atom. The number of anilines is 1. The van der Waals surface area contributed by atoms with Crippen LogP contribution in [0.4, 0.5) is 5.69 Å². The Morgan fingerprint density at radius 2 is 1.77 bits per heavy atom. The second-order valence-electron chi connectivity index (χ2n) is 9.71. The molecule has 216 valence electrons. The topological polar surface area (TPSA) is 152 Å². The normalized spacial score (nSPS) is 15.3. The van der Waals surface area contributed by atoms with Gasteiger partial charge in [-0.2, -0.15) is 0 Å². The van der Waals surface area contributed by atoms with Gasteiger partial charge in [-0.05, 0) is 53.6 Å². The molecule has 4 N–H and O–H groups in total. The Morgan fingerprint density at radius 1 is 1.07 bits per heavy atom. The number of hydrogen-bond donors (Lipinski definition) is 4. The molecule has 40 heavy (non-hydrogen) atoms. The first-order valence-electron chi connectivity index (χ1n) is 13.1. The third-order valence-electron chi connectivity index (χ3n) is 7.14. The molecule has 3 atom stereocenters. The van der Waals surface area contributed by atoms with E-state index in [0.29, 0.717) is 53.2 Å². The van der Waals surface area contributed by atoms with Crippen LogP contribution in [0.2, 0.25) is 0 Å². The van der Waals surface area contributed by atoms with Crippen LogP contribution in [-0.4, -0.2) is 56.8 Å². The lowest BCUT2D eigenvalue weighted by atomic mass is 9.95. The van der Waals surface area contributed by atoms with Crippen molar-refractivity contribution in [1.82, 2.24) is 10.6 Å². The van der Waals surface area contributed by atoms with Gasteiger partial charge >= 0.3 is 5.97 Å². The van der Waals surface area contributed by atoms with E-state index in [4.69, 9.17) is 19.3 Å². The molecule has 0 spiro atoms. The molecule has 11 nitrogen and oxygen atoms in total. The first kappa shape index (κ1) is 30.3. The molecule has 0 aliphatic heterocycles. The number of carbonyl (C=O) groups is 3. The Labute approximate surface area is 233 Å². The summed E-state index contributed by atoms with van der Waals surface area (Å²) in [5, 5.41) is 17.4. The Kier molecular flexibility index (Phi) is 9.98. The lowest BCUT2D eigenvalue weighted by Gasteiger charge is -2.23. The monoisotopic (exact) mass is 555 g/mol. The largest absolute Gasteiger partial charge is 0.493 e. The summed E-state index contributed by atoms with van der Waals surface area (Å²) in [5.74, 6) is -0.821. The molecular weight excluding hydrogens is 518 g/mol. The number of aliphatic carboxylic acids is 1.